The van der Waals surface area contributed by atoms with Gasteiger partial charge in [0.25, 0.3) is 0 Å². The Morgan fingerprint density at radius 2 is 1.00 bits per heavy atom. The van der Waals surface area contributed by atoms with Crippen LogP contribution in [0.1, 0.15) is 41.5 Å². The summed E-state index contributed by atoms with van der Waals surface area (Å²) in [6.45, 7) is 22.2. The van der Waals surface area contributed by atoms with Gasteiger partial charge in [0.1, 0.15) is 25.3 Å². The van der Waals surface area contributed by atoms with Crippen molar-refractivity contribution >= 4 is 22.3 Å². The molecule has 2 atom stereocenters. The van der Waals surface area contributed by atoms with E-state index in [2.05, 4.69) is 55.2 Å². The fraction of sp³-hybridized carbons (Fsp3) is 0.727. The second kappa shape index (κ2) is 15.9. The average molecular weight is 497 g/mol. The summed E-state index contributed by atoms with van der Waals surface area (Å²) in [4.78, 5) is 22.4. The van der Waals surface area contributed by atoms with Crippen LogP contribution in [0.2, 0.25) is 0 Å². The first-order valence-corrected chi connectivity index (χ1v) is 11.9. The fourth-order valence-electron chi connectivity index (χ4n) is 2.29. The van der Waals surface area contributed by atoms with Gasteiger partial charge in [-0.2, -0.15) is 0 Å². The molecule has 2 unspecified atom stereocenters. The Morgan fingerprint density at radius 1 is 0.788 bits per heavy atom. The lowest BCUT2D eigenvalue weighted by Crippen LogP contribution is -2.45. The van der Waals surface area contributed by atoms with Crippen molar-refractivity contribution in [3.63, 3.8) is 0 Å². The predicted octanol–water partition coefficient (Wildman–Crippen LogP) is 1.84. The van der Waals surface area contributed by atoms with Crippen LogP contribution in [-0.4, -0.2) is 105 Å². The third-order valence-corrected chi connectivity index (χ3v) is 4.53. The molecular formula is C22H44N2O8S. The minimum Gasteiger partial charge on any atom is -0.759 e. The highest BCUT2D eigenvalue weighted by atomic mass is 32.3. The van der Waals surface area contributed by atoms with E-state index >= 15 is 0 Å². The fourth-order valence-corrected chi connectivity index (χ4v) is 2.29. The van der Waals surface area contributed by atoms with Crippen LogP contribution in [0.5, 0.6) is 0 Å². The maximum atomic E-state index is 11.2. The van der Waals surface area contributed by atoms with E-state index in [1.54, 1.807) is 13.8 Å². The van der Waals surface area contributed by atoms with Crippen molar-refractivity contribution < 1.29 is 45.6 Å². The number of ether oxygens (including phenoxy) is 2. The molecule has 0 saturated heterocycles. The molecule has 0 bridgehead atoms. The van der Waals surface area contributed by atoms with Crippen LogP contribution in [-0.2, 0) is 29.5 Å². The molecule has 0 aliphatic rings. The number of likely N-dealkylation sites (N-methyl/N-ethyl adjacent to an activating group) is 2. The quantitative estimate of drug-likeness (QED) is 0.147. The lowest BCUT2D eigenvalue weighted by molar-refractivity contribution is -0.891. The van der Waals surface area contributed by atoms with Crippen molar-refractivity contribution in [3.05, 3.63) is 24.3 Å². The Hall–Kier alpha value is -1.79. The average Bonchev–Trinajstić information content (AvgIpc) is 2.59. The molecule has 0 aromatic heterocycles. The summed E-state index contributed by atoms with van der Waals surface area (Å²) in [5.74, 6) is -0.595. The van der Waals surface area contributed by atoms with E-state index < -0.39 is 10.4 Å². The van der Waals surface area contributed by atoms with E-state index in [1.165, 1.54) is 0 Å². The number of quaternary nitrogens is 2. The van der Waals surface area contributed by atoms with Crippen LogP contribution in [0.4, 0.5) is 0 Å². The van der Waals surface area contributed by atoms with Gasteiger partial charge in [-0.1, -0.05) is 13.2 Å². The summed E-state index contributed by atoms with van der Waals surface area (Å²) >= 11 is 0. The first-order chi connectivity index (χ1) is 14.6. The zero-order chi connectivity index (χ0) is 27.2. The van der Waals surface area contributed by atoms with Gasteiger partial charge in [-0.05, 0) is 41.5 Å². The van der Waals surface area contributed by atoms with Gasteiger partial charge >= 0.3 is 11.9 Å². The zero-order valence-electron chi connectivity index (χ0n) is 22.0. The number of rotatable bonds is 10. The SMILES string of the molecule is C=C(C)C(=O)OC(C)C[N+](C)(C)CC.C=C(C)C(=O)OC(C)C[N+](C)(C)CC.O=S(=O)([O-])[O-]. The third kappa shape index (κ3) is 26.3. The molecule has 0 fully saturated rings. The standard InChI is InChI=1S/2C11H22NO2.H2O4S/c2*1-7-12(5,6)8-10(4)14-11(13)9(2)3;1-5(2,3)4/h2*10H,2,7-8H2,1,3-6H3;(H2,1,2,3,4)/q2*+1;/p-2. The van der Waals surface area contributed by atoms with Crippen molar-refractivity contribution in [1.29, 1.82) is 0 Å². The van der Waals surface area contributed by atoms with Crippen LogP contribution < -0.4 is 0 Å². The highest BCUT2D eigenvalue weighted by molar-refractivity contribution is 7.79. The molecule has 0 amide bonds. The Morgan fingerprint density at radius 3 is 1.15 bits per heavy atom. The highest BCUT2D eigenvalue weighted by Crippen LogP contribution is 2.05. The Bertz CT molecular complexity index is 689. The summed E-state index contributed by atoms with van der Waals surface area (Å²) < 4.78 is 46.2. The van der Waals surface area contributed by atoms with E-state index in [0.29, 0.717) is 11.1 Å². The van der Waals surface area contributed by atoms with Gasteiger partial charge in [-0.3, -0.25) is 8.42 Å². The lowest BCUT2D eigenvalue weighted by Gasteiger charge is -2.30. The summed E-state index contributed by atoms with van der Waals surface area (Å²) in [7, 11) is 3.30. The molecule has 33 heavy (non-hydrogen) atoms. The van der Waals surface area contributed by atoms with Gasteiger partial charge in [0.05, 0.1) is 41.3 Å². The largest absolute Gasteiger partial charge is 0.759 e. The topological polar surface area (TPSA) is 133 Å². The van der Waals surface area contributed by atoms with Crippen molar-refractivity contribution in [2.45, 2.75) is 53.8 Å². The molecular weight excluding hydrogens is 452 g/mol. The number of carbonyl (C=O) groups excluding carboxylic acids is 2. The molecule has 0 aliphatic heterocycles. The van der Waals surface area contributed by atoms with E-state index in [0.717, 1.165) is 35.1 Å². The van der Waals surface area contributed by atoms with E-state index in [1.807, 2.05) is 13.8 Å². The lowest BCUT2D eigenvalue weighted by atomic mass is 10.3. The number of carbonyl (C=O) groups is 2. The first kappa shape index (κ1) is 35.8. The molecule has 11 heteroatoms. The van der Waals surface area contributed by atoms with Crippen LogP contribution in [0.15, 0.2) is 24.3 Å². The normalized spacial score (nSPS) is 13.2. The van der Waals surface area contributed by atoms with Gasteiger partial charge in [-0.25, -0.2) is 9.59 Å². The summed E-state index contributed by atoms with van der Waals surface area (Å²) in [5.41, 5.74) is 0.914. The summed E-state index contributed by atoms with van der Waals surface area (Å²) in [6, 6.07) is 0. The predicted molar refractivity (Wildman–Crippen MR) is 126 cm³/mol. The summed E-state index contributed by atoms with van der Waals surface area (Å²) in [6.07, 6.45) is -0.122. The molecule has 0 spiro atoms. The van der Waals surface area contributed by atoms with Crippen LogP contribution >= 0.6 is 0 Å². The third-order valence-electron chi connectivity index (χ3n) is 4.53. The molecule has 0 radical (unpaired) electrons. The number of nitrogens with zero attached hydrogens (tertiary/aromatic N) is 2. The molecule has 0 N–H and O–H groups in total. The van der Waals surface area contributed by atoms with E-state index in [-0.39, 0.29) is 24.1 Å². The monoisotopic (exact) mass is 496 g/mol. The van der Waals surface area contributed by atoms with Crippen molar-refractivity contribution in [3.8, 4) is 0 Å². The van der Waals surface area contributed by atoms with Crippen LogP contribution in [0.25, 0.3) is 0 Å². The van der Waals surface area contributed by atoms with Crippen molar-refractivity contribution in [2.75, 3.05) is 54.4 Å². The summed E-state index contributed by atoms with van der Waals surface area (Å²) in [5, 5.41) is 0. The molecule has 0 aromatic carbocycles. The van der Waals surface area contributed by atoms with Crippen LogP contribution in [0, 0.1) is 0 Å². The minimum atomic E-state index is -5.17. The van der Waals surface area contributed by atoms with E-state index in [4.69, 9.17) is 27.0 Å². The number of hydrogen-bond donors (Lipinski definition) is 0. The maximum Gasteiger partial charge on any atom is 0.333 e. The van der Waals surface area contributed by atoms with Crippen LogP contribution in [0.3, 0.4) is 0 Å². The second-order valence-electron chi connectivity index (χ2n) is 9.27. The van der Waals surface area contributed by atoms with Crippen molar-refractivity contribution in [2.24, 2.45) is 0 Å². The Labute approximate surface area is 200 Å². The smallest absolute Gasteiger partial charge is 0.333 e. The van der Waals surface area contributed by atoms with Gasteiger partial charge in [0.2, 0.25) is 0 Å². The number of esters is 2. The first-order valence-electron chi connectivity index (χ1n) is 10.6. The highest BCUT2D eigenvalue weighted by Gasteiger charge is 2.21. The van der Waals surface area contributed by atoms with Gasteiger partial charge < -0.3 is 27.5 Å². The molecule has 0 rings (SSSR count). The molecule has 0 aromatic rings. The Balaban J connectivity index is -0.000000453. The molecule has 0 saturated carbocycles. The zero-order valence-corrected chi connectivity index (χ0v) is 22.8. The Kier molecular flexibility index (Phi) is 17.3. The van der Waals surface area contributed by atoms with Gasteiger partial charge in [0.15, 0.2) is 0 Å². The van der Waals surface area contributed by atoms with Gasteiger partial charge in [0, 0.05) is 21.5 Å². The molecule has 0 heterocycles. The second-order valence-corrected chi connectivity index (χ2v) is 10.1. The maximum absolute atomic E-state index is 11.2. The molecule has 10 nitrogen and oxygen atoms in total. The van der Waals surface area contributed by atoms with E-state index in [9.17, 15) is 9.59 Å². The minimum absolute atomic E-state index is 0.0610. The molecule has 196 valence electrons. The van der Waals surface area contributed by atoms with Gasteiger partial charge in [-0.15, -0.1) is 0 Å². The number of hydrogen-bond acceptors (Lipinski definition) is 8. The molecule has 0 aliphatic carbocycles. The van der Waals surface area contributed by atoms with Crippen molar-refractivity contribution in [1.82, 2.24) is 0 Å².